The molecule has 1 saturated heterocycles. The van der Waals surface area contributed by atoms with E-state index in [1.165, 1.54) is 0 Å². The zero-order valence-electron chi connectivity index (χ0n) is 14.0. The van der Waals surface area contributed by atoms with E-state index in [1.54, 1.807) is 18.5 Å². The van der Waals surface area contributed by atoms with E-state index in [9.17, 15) is 5.11 Å². The summed E-state index contributed by atoms with van der Waals surface area (Å²) in [5, 5.41) is 27.6. The summed E-state index contributed by atoms with van der Waals surface area (Å²) < 4.78 is 2.12. The van der Waals surface area contributed by atoms with Gasteiger partial charge in [0.25, 0.3) is 0 Å². The normalized spacial score (nSPS) is 17.5. The summed E-state index contributed by atoms with van der Waals surface area (Å²) in [4.78, 5) is 2.30. The van der Waals surface area contributed by atoms with E-state index in [-0.39, 0.29) is 0 Å². The van der Waals surface area contributed by atoms with Crippen LogP contribution in [0.4, 0.5) is 0 Å². The van der Waals surface area contributed by atoms with Crippen LogP contribution in [0, 0.1) is 11.3 Å². The van der Waals surface area contributed by atoms with Crippen molar-refractivity contribution in [2.75, 3.05) is 19.6 Å². The molecule has 126 valence electrons. The second-order valence-electron chi connectivity index (χ2n) is 6.30. The van der Waals surface area contributed by atoms with Gasteiger partial charge in [-0.1, -0.05) is 12.1 Å². The third-order valence-corrected chi connectivity index (χ3v) is 4.79. The van der Waals surface area contributed by atoms with Crippen molar-refractivity contribution in [1.29, 1.82) is 5.26 Å². The van der Waals surface area contributed by atoms with Gasteiger partial charge in [0.15, 0.2) is 0 Å². The van der Waals surface area contributed by atoms with Crippen molar-refractivity contribution in [1.82, 2.24) is 19.7 Å². The molecular weight excluding hydrogens is 302 g/mol. The lowest BCUT2D eigenvalue weighted by molar-refractivity contribution is 0.0962. The largest absolute Gasteiger partial charge is 0.387 e. The van der Waals surface area contributed by atoms with E-state index in [0.29, 0.717) is 18.0 Å². The summed E-state index contributed by atoms with van der Waals surface area (Å²) in [6, 6.07) is 9.27. The summed E-state index contributed by atoms with van der Waals surface area (Å²) >= 11 is 0. The quantitative estimate of drug-likeness (QED) is 0.910. The second kappa shape index (κ2) is 7.56. The fraction of sp³-hybridized carbons (Fsp3) is 0.500. The molecule has 0 saturated carbocycles. The van der Waals surface area contributed by atoms with Crippen LogP contribution in [-0.2, 0) is 6.54 Å². The Labute approximate surface area is 142 Å². The number of hydrogen-bond acceptors (Lipinski definition) is 5. The van der Waals surface area contributed by atoms with Crippen molar-refractivity contribution in [2.24, 2.45) is 0 Å². The molecule has 0 amide bonds. The maximum absolute atomic E-state index is 10.4. The molecule has 0 spiro atoms. The molecule has 3 rings (SSSR count). The number of nitrogens with zero attached hydrogens (tertiary/aromatic N) is 5. The number of aliphatic hydroxyl groups is 1. The summed E-state index contributed by atoms with van der Waals surface area (Å²) in [5.41, 5.74) is 1.48. The number of aryl methyl sites for hydroxylation is 1. The highest BCUT2D eigenvalue weighted by molar-refractivity contribution is 5.32. The fourth-order valence-corrected chi connectivity index (χ4v) is 3.33. The molecule has 1 unspecified atom stereocenters. The standard InChI is InChI=1S/C18H23N5O/c1-2-23-13-20-21-18(23)16-7-9-22(10-8-16)12-17(24)15-5-3-14(11-19)4-6-15/h3-6,13,16-17,24H,2,7-10,12H2,1H3. The first-order valence-corrected chi connectivity index (χ1v) is 8.49. The van der Waals surface area contributed by atoms with Crippen molar-refractivity contribution in [3.63, 3.8) is 0 Å². The zero-order valence-corrected chi connectivity index (χ0v) is 14.0. The van der Waals surface area contributed by atoms with Gasteiger partial charge in [-0.15, -0.1) is 10.2 Å². The molecule has 1 fully saturated rings. The summed E-state index contributed by atoms with van der Waals surface area (Å²) in [5.74, 6) is 1.54. The van der Waals surface area contributed by atoms with Crippen molar-refractivity contribution < 1.29 is 5.11 Å². The minimum absolute atomic E-state index is 0.454. The van der Waals surface area contributed by atoms with Crippen molar-refractivity contribution >= 4 is 0 Å². The van der Waals surface area contributed by atoms with E-state index in [0.717, 1.165) is 43.9 Å². The average molecular weight is 325 g/mol. The van der Waals surface area contributed by atoms with Crippen LogP contribution in [0.1, 0.15) is 48.7 Å². The molecule has 0 aliphatic carbocycles. The first kappa shape index (κ1) is 16.6. The Bertz CT molecular complexity index is 695. The van der Waals surface area contributed by atoms with Crippen LogP contribution in [0.25, 0.3) is 0 Å². The first-order valence-electron chi connectivity index (χ1n) is 8.49. The Morgan fingerprint density at radius 1 is 1.29 bits per heavy atom. The fourth-order valence-electron chi connectivity index (χ4n) is 3.33. The van der Waals surface area contributed by atoms with Gasteiger partial charge >= 0.3 is 0 Å². The molecule has 0 bridgehead atoms. The molecule has 2 heterocycles. The van der Waals surface area contributed by atoms with Gasteiger partial charge in [-0.25, -0.2) is 0 Å². The number of likely N-dealkylation sites (tertiary alicyclic amines) is 1. The van der Waals surface area contributed by atoms with E-state index < -0.39 is 6.10 Å². The van der Waals surface area contributed by atoms with Crippen LogP contribution in [0.5, 0.6) is 0 Å². The summed E-state index contributed by atoms with van der Waals surface area (Å²) in [6.45, 7) is 5.54. The van der Waals surface area contributed by atoms with Gasteiger partial charge < -0.3 is 14.6 Å². The number of β-amino-alcohol motifs (C(OH)–C–C–N with tert-alkyl or cyclic N) is 1. The number of rotatable bonds is 5. The molecule has 1 aromatic heterocycles. The zero-order chi connectivity index (χ0) is 16.9. The van der Waals surface area contributed by atoms with E-state index in [2.05, 4.69) is 32.7 Å². The van der Waals surface area contributed by atoms with E-state index >= 15 is 0 Å². The third kappa shape index (κ3) is 3.64. The average Bonchev–Trinajstić information content (AvgIpc) is 3.11. The predicted molar refractivity (Wildman–Crippen MR) is 90.2 cm³/mol. The van der Waals surface area contributed by atoms with Crippen LogP contribution < -0.4 is 0 Å². The molecule has 24 heavy (non-hydrogen) atoms. The van der Waals surface area contributed by atoms with Crippen molar-refractivity contribution in [3.05, 3.63) is 47.5 Å². The second-order valence-corrected chi connectivity index (χ2v) is 6.30. The van der Waals surface area contributed by atoms with Gasteiger partial charge in [0.2, 0.25) is 0 Å². The summed E-state index contributed by atoms with van der Waals surface area (Å²) in [7, 11) is 0. The van der Waals surface area contributed by atoms with Gasteiger partial charge in [0.1, 0.15) is 12.2 Å². The van der Waals surface area contributed by atoms with Crippen LogP contribution in [0.15, 0.2) is 30.6 Å². The van der Waals surface area contributed by atoms with Crippen LogP contribution in [-0.4, -0.2) is 44.4 Å². The Morgan fingerprint density at radius 2 is 2.00 bits per heavy atom. The molecule has 2 aromatic rings. The minimum Gasteiger partial charge on any atom is -0.387 e. The molecule has 0 radical (unpaired) electrons. The maximum atomic E-state index is 10.4. The SMILES string of the molecule is CCn1cnnc1C1CCN(CC(O)c2ccc(C#N)cc2)CC1. The van der Waals surface area contributed by atoms with Crippen molar-refractivity contribution in [2.45, 2.75) is 38.3 Å². The van der Waals surface area contributed by atoms with Crippen LogP contribution >= 0.6 is 0 Å². The lowest BCUT2D eigenvalue weighted by Gasteiger charge is -2.32. The lowest BCUT2D eigenvalue weighted by Crippen LogP contribution is -2.36. The van der Waals surface area contributed by atoms with Gasteiger partial charge in [0, 0.05) is 19.0 Å². The third-order valence-electron chi connectivity index (χ3n) is 4.79. The van der Waals surface area contributed by atoms with Gasteiger partial charge in [0.05, 0.1) is 17.7 Å². The Morgan fingerprint density at radius 3 is 2.62 bits per heavy atom. The number of nitriles is 1. The molecule has 1 N–H and O–H groups in total. The molecule has 1 aliphatic heterocycles. The molecule has 6 heteroatoms. The predicted octanol–water partition coefficient (Wildman–Crippen LogP) is 2.08. The Hall–Kier alpha value is -2.23. The number of aromatic nitrogens is 3. The number of aliphatic hydroxyl groups excluding tert-OH is 1. The van der Waals surface area contributed by atoms with E-state index in [1.807, 2.05) is 12.1 Å². The highest BCUT2D eigenvalue weighted by Gasteiger charge is 2.25. The van der Waals surface area contributed by atoms with Crippen LogP contribution in [0.2, 0.25) is 0 Å². The highest BCUT2D eigenvalue weighted by Crippen LogP contribution is 2.27. The lowest BCUT2D eigenvalue weighted by atomic mass is 9.95. The molecule has 6 nitrogen and oxygen atoms in total. The maximum Gasteiger partial charge on any atom is 0.135 e. The highest BCUT2D eigenvalue weighted by atomic mass is 16.3. The number of piperidine rings is 1. The van der Waals surface area contributed by atoms with Gasteiger partial charge in [-0.3, -0.25) is 0 Å². The summed E-state index contributed by atoms with van der Waals surface area (Å²) in [6.07, 6.45) is 3.36. The monoisotopic (exact) mass is 325 g/mol. The van der Waals surface area contributed by atoms with Crippen molar-refractivity contribution in [3.8, 4) is 6.07 Å². The Kier molecular flexibility index (Phi) is 5.24. The topological polar surface area (TPSA) is 78.0 Å². The van der Waals surface area contributed by atoms with E-state index in [4.69, 9.17) is 5.26 Å². The van der Waals surface area contributed by atoms with Gasteiger partial charge in [-0.2, -0.15) is 5.26 Å². The van der Waals surface area contributed by atoms with Crippen LogP contribution in [0.3, 0.4) is 0 Å². The molecule has 1 aliphatic rings. The minimum atomic E-state index is -0.520. The molecule has 1 atom stereocenters. The smallest absolute Gasteiger partial charge is 0.135 e. The Balaban J connectivity index is 1.54. The number of benzene rings is 1. The molecular formula is C18H23N5O. The molecule has 1 aromatic carbocycles. The van der Waals surface area contributed by atoms with Gasteiger partial charge in [-0.05, 0) is 50.6 Å². The first-order chi connectivity index (χ1) is 11.7. The number of hydrogen-bond donors (Lipinski definition) is 1.